The molecule has 1 unspecified atom stereocenters. The van der Waals surface area contributed by atoms with E-state index >= 15 is 0 Å². The van der Waals surface area contributed by atoms with Crippen molar-refractivity contribution in [2.75, 3.05) is 13.1 Å². The molecule has 1 atom stereocenters. The average molecular weight is 346 g/mol. The normalized spacial score (nSPS) is 17.4. The molecule has 1 fully saturated rings. The summed E-state index contributed by atoms with van der Waals surface area (Å²) in [5.74, 6) is 0.247. The molecule has 0 saturated carbocycles. The lowest BCUT2D eigenvalue weighted by Gasteiger charge is -2.32. The van der Waals surface area contributed by atoms with Crippen LogP contribution in [0.2, 0.25) is 0 Å². The number of hydrogen-bond acceptors (Lipinski definition) is 7. The lowest BCUT2D eigenvalue weighted by atomic mass is 10.1. The van der Waals surface area contributed by atoms with Gasteiger partial charge in [0.25, 0.3) is 5.91 Å². The van der Waals surface area contributed by atoms with Crippen LogP contribution in [0.5, 0.6) is 5.88 Å². The number of nitro groups is 1. The van der Waals surface area contributed by atoms with Crippen molar-refractivity contribution in [3.63, 3.8) is 0 Å². The Bertz CT molecular complexity index is 783. The highest BCUT2D eigenvalue weighted by atomic mass is 16.6. The minimum atomic E-state index is -0.668. The van der Waals surface area contributed by atoms with Crippen molar-refractivity contribution in [1.82, 2.24) is 14.9 Å². The van der Waals surface area contributed by atoms with E-state index in [0.29, 0.717) is 24.8 Å². The molecule has 9 nitrogen and oxygen atoms in total. The van der Waals surface area contributed by atoms with Gasteiger partial charge in [0, 0.05) is 18.3 Å². The van der Waals surface area contributed by atoms with E-state index in [4.69, 9.17) is 9.15 Å². The van der Waals surface area contributed by atoms with Gasteiger partial charge >= 0.3 is 5.88 Å². The van der Waals surface area contributed by atoms with Crippen LogP contribution in [-0.4, -0.2) is 44.9 Å². The second kappa shape index (κ2) is 6.88. The van der Waals surface area contributed by atoms with Crippen molar-refractivity contribution in [3.05, 3.63) is 45.6 Å². The zero-order valence-electron chi connectivity index (χ0n) is 14.0. The zero-order chi connectivity index (χ0) is 18.0. The molecule has 1 amide bonds. The second-order valence-corrected chi connectivity index (χ2v) is 5.92. The van der Waals surface area contributed by atoms with Crippen LogP contribution in [0.4, 0.5) is 5.88 Å². The van der Waals surface area contributed by atoms with Gasteiger partial charge in [-0.25, -0.2) is 4.98 Å². The first kappa shape index (κ1) is 16.9. The van der Waals surface area contributed by atoms with E-state index in [-0.39, 0.29) is 17.8 Å². The monoisotopic (exact) mass is 346 g/mol. The highest BCUT2D eigenvalue weighted by Crippen LogP contribution is 2.21. The Morgan fingerprint density at radius 2 is 2.20 bits per heavy atom. The maximum Gasteiger partial charge on any atom is 0.433 e. The minimum Gasteiger partial charge on any atom is -0.472 e. The molecule has 1 saturated heterocycles. The SMILES string of the molecule is Cc1cc(OC2CCCN(C(=O)c3ccc([N+](=O)[O-])o3)C2)nc(C)n1. The molecule has 2 aromatic rings. The van der Waals surface area contributed by atoms with E-state index in [0.717, 1.165) is 18.5 Å². The fourth-order valence-electron chi connectivity index (χ4n) is 2.83. The van der Waals surface area contributed by atoms with Crippen LogP contribution in [0.1, 0.15) is 34.9 Å². The maximum atomic E-state index is 12.5. The summed E-state index contributed by atoms with van der Waals surface area (Å²) in [6.45, 7) is 4.58. The smallest absolute Gasteiger partial charge is 0.433 e. The summed E-state index contributed by atoms with van der Waals surface area (Å²) in [6.07, 6.45) is 1.36. The number of furan rings is 1. The van der Waals surface area contributed by atoms with Crippen molar-refractivity contribution in [2.45, 2.75) is 32.8 Å². The standard InChI is InChI=1S/C16H18N4O5/c1-10-8-14(18-11(2)17-10)24-12-4-3-7-19(9-12)16(21)13-5-6-15(25-13)20(22)23/h5-6,8,12H,3-4,7,9H2,1-2H3. The lowest BCUT2D eigenvalue weighted by molar-refractivity contribution is -0.402. The quantitative estimate of drug-likeness (QED) is 0.616. The van der Waals surface area contributed by atoms with Crippen LogP contribution in [0.15, 0.2) is 22.6 Å². The van der Waals surface area contributed by atoms with Crippen molar-refractivity contribution < 1.29 is 18.9 Å². The molecule has 1 aliphatic heterocycles. The number of ether oxygens (including phenoxy) is 1. The first-order valence-electron chi connectivity index (χ1n) is 7.95. The second-order valence-electron chi connectivity index (χ2n) is 5.92. The van der Waals surface area contributed by atoms with E-state index in [1.807, 2.05) is 6.92 Å². The first-order valence-corrected chi connectivity index (χ1v) is 7.95. The summed E-state index contributed by atoms with van der Waals surface area (Å²) < 4.78 is 10.9. The Kier molecular flexibility index (Phi) is 4.64. The molecule has 0 spiro atoms. The van der Waals surface area contributed by atoms with Crippen molar-refractivity contribution in [3.8, 4) is 5.88 Å². The van der Waals surface area contributed by atoms with E-state index in [1.54, 1.807) is 17.9 Å². The van der Waals surface area contributed by atoms with Gasteiger partial charge in [-0.3, -0.25) is 14.9 Å². The Hall–Kier alpha value is -2.97. The van der Waals surface area contributed by atoms with Gasteiger partial charge in [-0.1, -0.05) is 0 Å². The zero-order valence-corrected chi connectivity index (χ0v) is 14.0. The molecule has 25 heavy (non-hydrogen) atoms. The summed E-state index contributed by atoms with van der Waals surface area (Å²) in [5.41, 5.74) is 0.814. The fraction of sp³-hybridized carbons (Fsp3) is 0.438. The molecule has 132 valence electrons. The summed E-state index contributed by atoms with van der Waals surface area (Å²) >= 11 is 0. The Morgan fingerprint density at radius 3 is 2.88 bits per heavy atom. The molecule has 0 aliphatic carbocycles. The number of carbonyl (C=O) groups is 1. The summed E-state index contributed by atoms with van der Waals surface area (Å²) in [4.78, 5) is 32.5. The number of hydrogen-bond donors (Lipinski definition) is 0. The molecule has 2 aromatic heterocycles. The molecule has 3 rings (SSSR count). The number of aryl methyl sites for hydroxylation is 2. The van der Waals surface area contributed by atoms with Gasteiger partial charge in [-0.15, -0.1) is 0 Å². The van der Waals surface area contributed by atoms with Gasteiger partial charge in [-0.2, -0.15) is 4.98 Å². The lowest BCUT2D eigenvalue weighted by Crippen LogP contribution is -2.44. The number of aromatic nitrogens is 2. The highest BCUT2D eigenvalue weighted by Gasteiger charge is 2.28. The molecule has 0 N–H and O–H groups in total. The Labute approximate surface area is 143 Å². The van der Waals surface area contributed by atoms with E-state index in [1.165, 1.54) is 12.1 Å². The van der Waals surface area contributed by atoms with Crippen molar-refractivity contribution in [1.29, 1.82) is 0 Å². The van der Waals surface area contributed by atoms with Crippen LogP contribution in [-0.2, 0) is 0 Å². The molecular formula is C16H18N4O5. The van der Waals surface area contributed by atoms with Gasteiger partial charge in [-0.05, 0) is 32.8 Å². The van der Waals surface area contributed by atoms with Gasteiger partial charge in [0.15, 0.2) is 5.76 Å². The molecule has 3 heterocycles. The maximum absolute atomic E-state index is 12.5. The molecule has 1 aliphatic rings. The van der Waals surface area contributed by atoms with Gasteiger partial charge < -0.3 is 14.1 Å². The van der Waals surface area contributed by atoms with E-state index < -0.39 is 10.8 Å². The predicted molar refractivity (Wildman–Crippen MR) is 86.4 cm³/mol. The summed E-state index contributed by atoms with van der Waals surface area (Å²) in [5, 5.41) is 10.7. The molecular weight excluding hydrogens is 328 g/mol. The van der Waals surface area contributed by atoms with Crippen LogP contribution in [0, 0.1) is 24.0 Å². The number of piperidine rings is 1. The number of carbonyl (C=O) groups excluding carboxylic acids is 1. The van der Waals surface area contributed by atoms with Crippen LogP contribution in [0.3, 0.4) is 0 Å². The third-order valence-corrected chi connectivity index (χ3v) is 3.88. The Morgan fingerprint density at radius 1 is 1.40 bits per heavy atom. The number of nitrogens with zero attached hydrogens (tertiary/aromatic N) is 4. The van der Waals surface area contributed by atoms with E-state index in [2.05, 4.69) is 9.97 Å². The minimum absolute atomic E-state index is 0.0407. The largest absolute Gasteiger partial charge is 0.472 e. The summed E-state index contributed by atoms with van der Waals surface area (Å²) in [6, 6.07) is 4.25. The van der Waals surface area contributed by atoms with Gasteiger partial charge in [0.2, 0.25) is 5.88 Å². The van der Waals surface area contributed by atoms with Crippen LogP contribution >= 0.6 is 0 Å². The molecule has 0 bridgehead atoms. The van der Waals surface area contributed by atoms with Crippen LogP contribution in [0.25, 0.3) is 0 Å². The average Bonchev–Trinajstić information content (AvgIpc) is 3.03. The predicted octanol–water partition coefficient (Wildman–Crippen LogP) is 2.28. The number of rotatable bonds is 4. The Balaban J connectivity index is 1.67. The van der Waals surface area contributed by atoms with Crippen LogP contribution < -0.4 is 4.74 Å². The highest BCUT2D eigenvalue weighted by molar-refractivity contribution is 5.91. The fourth-order valence-corrected chi connectivity index (χ4v) is 2.83. The van der Waals surface area contributed by atoms with Gasteiger partial charge in [0.05, 0.1) is 12.6 Å². The third-order valence-electron chi connectivity index (χ3n) is 3.88. The first-order chi connectivity index (χ1) is 11.9. The van der Waals surface area contributed by atoms with Crippen molar-refractivity contribution >= 4 is 11.8 Å². The third kappa shape index (κ3) is 3.93. The van der Waals surface area contributed by atoms with E-state index in [9.17, 15) is 14.9 Å². The molecule has 0 radical (unpaired) electrons. The summed E-state index contributed by atoms with van der Waals surface area (Å²) in [7, 11) is 0. The topological polar surface area (TPSA) is 112 Å². The van der Waals surface area contributed by atoms with Crippen molar-refractivity contribution in [2.24, 2.45) is 0 Å². The number of amides is 1. The molecule has 9 heteroatoms. The molecule has 0 aromatic carbocycles. The number of likely N-dealkylation sites (tertiary alicyclic amines) is 1. The van der Waals surface area contributed by atoms with Gasteiger partial charge in [0.1, 0.15) is 16.9 Å².